The first-order chi connectivity index (χ1) is 16.0. The van der Waals surface area contributed by atoms with Crippen molar-refractivity contribution in [2.45, 2.75) is 63.3 Å². The van der Waals surface area contributed by atoms with Crippen LogP contribution in [0.1, 0.15) is 32.2 Å². The molecule has 14 heteroatoms. The van der Waals surface area contributed by atoms with Gasteiger partial charge in [-0.05, 0) is 38.9 Å². The molecule has 0 fully saturated rings. The van der Waals surface area contributed by atoms with Gasteiger partial charge in [0, 0.05) is 32.7 Å². The van der Waals surface area contributed by atoms with Gasteiger partial charge < -0.3 is 4.74 Å². The minimum absolute atomic E-state index is 0.0495. The van der Waals surface area contributed by atoms with Crippen molar-refractivity contribution >= 4 is 51.9 Å². The van der Waals surface area contributed by atoms with Gasteiger partial charge >= 0.3 is 0 Å². The van der Waals surface area contributed by atoms with Crippen LogP contribution < -0.4 is 0 Å². The van der Waals surface area contributed by atoms with E-state index in [4.69, 9.17) is 16.3 Å². The van der Waals surface area contributed by atoms with Gasteiger partial charge in [-0.2, -0.15) is 9.40 Å². The molecule has 0 radical (unpaired) electrons. The van der Waals surface area contributed by atoms with Crippen LogP contribution >= 0.6 is 22.9 Å². The van der Waals surface area contributed by atoms with E-state index in [0.717, 1.165) is 6.04 Å². The van der Waals surface area contributed by atoms with Crippen LogP contribution in [0.2, 0.25) is 30.7 Å². The van der Waals surface area contributed by atoms with E-state index in [-0.39, 0.29) is 27.4 Å². The van der Waals surface area contributed by atoms with E-state index in [1.807, 2.05) is 0 Å². The summed E-state index contributed by atoms with van der Waals surface area (Å²) in [5, 5.41) is 12.0. The summed E-state index contributed by atoms with van der Waals surface area (Å²) in [7, 11) is -3.75. The highest BCUT2D eigenvalue weighted by Gasteiger charge is 2.35. The molecule has 0 atom stereocenters. The molecule has 3 rings (SSSR count). The van der Waals surface area contributed by atoms with Crippen molar-refractivity contribution in [3.63, 3.8) is 0 Å². The number of fused-ring (bicyclic) bond motifs is 1. The molecule has 2 heterocycles. The Labute approximate surface area is 214 Å². The molecule has 0 saturated heterocycles. The third-order valence-electron chi connectivity index (χ3n) is 5.24. The average Bonchev–Trinajstić information content (AvgIpc) is 3.31. The van der Waals surface area contributed by atoms with Crippen molar-refractivity contribution in [1.29, 1.82) is 0 Å². The Kier molecular flexibility index (Phi) is 8.09. The van der Waals surface area contributed by atoms with Gasteiger partial charge in [0.15, 0.2) is 10.0 Å². The highest BCUT2D eigenvalue weighted by molar-refractivity contribution is 7.89. The number of benzene rings is 1. The van der Waals surface area contributed by atoms with Crippen LogP contribution in [0, 0.1) is 0 Å². The maximum atomic E-state index is 13.8. The lowest BCUT2D eigenvalue weighted by molar-refractivity contribution is 0.0429. The Morgan fingerprint density at radius 3 is 2.43 bits per heavy atom. The first kappa shape index (κ1) is 28.1. The van der Waals surface area contributed by atoms with Gasteiger partial charge in [0.25, 0.3) is 6.43 Å². The number of alkyl halides is 2. The SMILES string of the molecule is Cn1nc(-c2nnc(C(F)F)s2)c2cc(S(=O)(=O)N(COCC[Si](C)(C)C)C(C)(C)C)cc(Cl)c21. The van der Waals surface area contributed by atoms with E-state index in [0.29, 0.717) is 28.8 Å². The Morgan fingerprint density at radius 2 is 1.89 bits per heavy atom. The zero-order valence-corrected chi connectivity index (χ0v) is 24.2. The van der Waals surface area contributed by atoms with Gasteiger partial charge in [0.2, 0.25) is 10.0 Å². The molecule has 3 aromatic rings. The van der Waals surface area contributed by atoms with Gasteiger partial charge in [0.1, 0.15) is 12.4 Å². The van der Waals surface area contributed by atoms with Gasteiger partial charge in [-0.1, -0.05) is 42.6 Å². The molecule has 0 amide bonds. The minimum Gasteiger partial charge on any atom is -0.365 e. The Bertz CT molecular complexity index is 1320. The molecule has 0 saturated carbocycles. The molecule has 8 nitrogen and oxygen atoms in total. The fraction of sp³-hybridized carbons (Fsp3) is 0.571. The molecule has 0 aliphatic carbocycles. The molecule has 0 spiro atoms. The molecule has 194 valence electrons. The predicted octanol–water partition coefficient (Wildman–Crippen LogP) is 5.78. The lowest BCUT2D eigenvalue weighted by atomic mass is 10.1. The van der Waals surface area contributed by atoms with Crippen LogP contribution in [-0.4, -0.2) is 59.7 Å². The van der Waals surface area contributed by atoms with Crippen LogP contribution in [0.3, 0.4) is 0 Å². The van der Waals surface area contributed by atoms with Crippen molar-refractivity contribution in [3.05, 3.63) is 22.2 Å². The molecular formula is C21H30ClF2N5O3S2Si. The summed E-state index contributed by atoms with van der Waals surface area (Å²) in [6.07, 6.45) is -2.77. The van der Waals surface area contributed by atoms with Crippen molar-refractivity contribution < 1.29 is 21.9 Å². The number of ether oxygens (including phenoxy) is 1. The fourth-order valence-corrected chi connectivity index (χ4v) is 6.92. The second-order valence-electron chi connectivity index (χ2n) is 10.4. The maximum absolute atomic E-state index is 13.8. The Hall–Kier alpha value is -1.51. The predicted molar refractivity (Wildman–Crippen MR) is 137 cm³/mol. The normalized spacial score (nSPS) is 13.5. The van der Waals surface area contributed by atoms with Gasteiger partial charge in [-0.3, -0.25) is 4.68 Å². The number of halogens is 3. The topological polar surface area (TPSA) is 90.2 Å². The van der Waals surface area contributed by atoms with E-state index in [9.17, 15) is 17.2 Å². The molecule has 0 aliphatic rings. The summed E-state index contributed by atoms with van der Waals surface area (Å²) in [5.74, 6) is 0. The highest BCUT2D eigenvalue weighted by Crippen LogP contribution is 2.38. The van der Waals surface area contributed by atoms with Crippen LogP contribution in [0.15, 0.2) is 17.0 Å². The fourth-order valence-electron chi connectivity index (χ4n) is 3.34. The van der Waals surface area contributed by atoms with E-state index in [1.54, 1.807) is 27.8 Å². The summed E-state index contributed by atoms with van der Waals surface area (Å²) in [4.78, 5) is -0.0495. The molecule has 0 bridgehead atoms. The van der Waals surface area contributed by atoms with Crippen molar-refractivity contribution in [1.82, 2.24) is 24.3 Å². The zero-order chi connectivity index (χ0) is 26.3. The van der Waals surface area contributed by atoms with Crippen molar-refractivity contribution in [2.75, 3.05) is 13.3 Å². The lowest BCUT2D eigenvalue weighted by Gasteiger charge is -2.34. The minimum atomic E-state index is -4.04. The standard InChI is InChI=1S/C21H30ClF2N5O3S2Si/c1-21(2,3)29(12-32-8-9-35(5,6)7)34(30,31)13-10-14-16(19-25-26-20(33-19)18(23)24)27-28(4)17(14)15(22)11-13/h10-11,18H,8-9,12H2,1-7H3. The van der Waals surface area contributed by atoms with Crippen LogP contribution in [0.4, 0.5) is 8.78 Å². The molecular weight excluding hydrogens is 536 g/mol. The number of sulfonamides is 1. The van der Waals surface area contributed by atoms with Gasteiger partial charge in [-0.15, -0.1) is 10.2 Å². The number of rotatable bonds is 9. The summed E-state index contributed by atoms with van der Waals surface area (Å²) in [6.45, 7) is 12.4. The molecule has 0 unspecified atom stereocenters. The summed E-state index contributed by atoms with van der Waals surface area (Å²) < 4.78 is 62.2. The van der Waals surface area contributed by atoms with Crippen LogP contribution in [0.5, 0.6) is 0 Å². The van der Waals surface area contributed by atoms with Crippen molar-refractivity contribution in [2.24, 2.45) is 7.05 Å². The van der Waals surface area contributed by atoms with Gasteiger partial charge in [0.05, 0.1) is 15.4 Å². The second-order valence-corrected chi connectivity index (χ2v) is 19.3. The first-order valence-electron chi connectivity index (χ1n) is 10.9. The molecule has 35 heavy (non-hydrogen) atoms. The first-order valence-corrected chi connectivity index (χ1v) is 17.3. The van der Waals surface area contributed by atoms with Crippen LogP contribution in [-0.2, 0) is 21.8 Å². The van der Waals surface area contributed by atoms with E-state index in [2.05, 4.69) is 34.9 Å². The summed E-state index contributed by atoms with van der Waals surface area (Å²) in [5.41, 5.74) is -0.0783. The number of hydrogen-bond donors (Lipinski definition) is 0. The quantitative estimate of drug-likeness (QED) is 0.185. The largest absolute Gasteiger partial charge is 0.365 e. The molecule has 0 aliphatic heterocycles. The van der Waals surface area contributed by atoms with E-state index >= 15 is 0 Å². The van der Waals surface area contributed by atoms with Crippen molar-refractivity contribution in [3.8, 4) is 10.7 Å². The maximum Gasteiger partial charge on any atom is 0.291 e. The zero-order valence-electron chi connectivity index (χ0n) is 20.8. The number of nitrogens with zero attached hydrogens (tertiary/aromatic N) is 5. The summed E-state index contributed by atoms with van der Waals surface area (Å²) >= 11 is 7.20. The molecule has 0 N–H and O–H groups in total. The monoisotopic (exact) mass is 565 g/mol. The number of aromatic nitrogens is 4. The molecule has 1 aromatic carbocycles. The number of hydrogen-bond acceptors (Lipinski definition) is 7. The highest BCUT2D eigenvalue weighted by atomic mass is 35.5. The smallest absolute Gasteiger partial charge is 0.291 e. The Balaban J connectivity index is 2.05. The Morgan fingerprint density at radius 1 is 1.23 bits per heavy atom. The number of aryl methyl sites for hydroxylation is 1. The summed E-state index contributed by atoms with van der Waals surface area (Å²) in [6, 6.07) is 3.73. The second kappa shape index (κ2) is 10.1. The molecule has 2 aromatic heterocycles. The van der Waals surface area contributed by atoms with E-state index in [1.165, 1.54) is 21.1 Å². The third-order valence-corrected chi connectivity index (χ3v) is 10.2. The van der Waals surface area contributed by atoms with Gasteiger partial charge in [-0.25, -0.2) is 17.2 Å². The average molecular weight is 566 g/mol. The lowest BCUT2D eigenvalue weighted by Crippen LogP contribution is -2.46. The third kappa shape index (κ3) is 6.25. The van der Waals surface area contributed by atoms with Crippen LogP contribution in [0.25, 0.3) is 21.6 Å². The van der Waals surface area contributed by atoms with E-state index < -0.39 is 35.1 Å².